The Kier molecular flexibility index (Phi) is 8.91. The first-order valence-corrected chi connectivity index (χ1v) is 7.76. The van der Waals surface area contributed by atoms with Gasteiger partial charge in [-0.1, -0.05) is 5.92 Å². The highest BCUT2D eigenvalue weighted by Gasteiger charge is 2.49. The van der Waals surface area contributed by atoms with Crippen LogP contribution in [0.2, 0.25) is 0 Å². The van der Waals surface area contributed by atoms with E-state index in [1.54, 1.807) is 0 Å². The van der Waals surface area contributed by atoms with Crippen LogP contribution in [-0.2, 0) is 33.3 Å². The Hall–Kier alpha value is -2.15. The van der Waals surface area contributed by atoms with Crippen LogP contribution in [-0.4, -0.2) is 61.9 Å². The molecule has 0 radical (unpaired) electrons. The van der Waals surface area contributed by atoms with E-state index in [2.05, 4.69) is 11.2 Å². The molecular weight excluding hydrogens is 334 g/mol. The van der Waals surface area contributed by atoms with Gasteiger partial charge in [0.05, 0.1) is 0 Å². The molecule has 0 saturated heterocycles. The van der Waals surface area contributed by atoms with Gasteiger partial charge in [-0.05, 0) is 13.3 Å². The lowest BCUT2D eigenvalue weighted by atomic mass is 9.97. The van der Waals surface area contributed by atoms with Crippen LogP contribution in [0.1, 0.15) is 20.3 Å². The van der Waals surface area contributed by atoms with Gasteiger partial charge in [-0.15, -0.1) is 6.42 Å². The van der Waals surface area contributed by atoms with Crippen molar-refractivity contribution >= 4 is 18.9 Å². The summed E-state index contributed by atoms with van der Waals surface area (Å²) in [5.41, 5.74) is 0. The Balaban J connectivity index is 2.88. The summed E-state index contributed by atoms with van der Waals surface area (Å²) in [5, 5.41) is 12.5. The first-order valence-electron chi connectivity index (χ1n) is 7.76. The van der Waals surface area contributed by atoms with Crippen molar-refractivity contribution in [3.63, 3.8) is 0 Å². The van der Waals surface area contributed by atoms with Crippen molar-refractivity contribution in [2.24, 2.45) is 11.8 Å². The fraction of sp³-hybridized carbons (Fsp3) is 0.688. The van der Waals surface area contributed by atoms with Crippen LogP contribution < -0.4 is 5.32 Å². The summed E-state index contributed by atoms with van der Waals surface area (Å²) in [6, 6.07) is 0. The van der Waals surface area contributed by atoms with Crippen molar-refractivity contribution in [2.75, 3.05) is 13.3 Å². The average molecular weight is 357 g/mol. The Bertz CT molecular complexity index is 489. The molecule has 2 N–H and O–H groups in total. The number of terminal acetylenes is 1. The van der Waals surface area contributed by atoms with E-state index in [0.29, 0.717) is 13.0 Å². The van der Waals surface area contributed by atoms with Gasteiger partial charge in [-0.2, -0.15) is 0 Å². The van der Waals surface area contributed by atoms with Crippen molar-refractivity contribution < 1.29 is 38.4 Å². The molecule has 1 fully saturated rings. The first-order chi connectivity index (χ1) is 11.9. The Morgan fingerprint density at radius 3 is 2.64 bits per heavy atom. The lowest BCUT2D eigenvalue weighted by Crippen LogP contribution is -2.41. The highest BCUT2D eigenvalue weighted by molar-refractivity contribution is 5.65. The predicted octanol–water partition coefficient (Wildman–Crippen LogP) is -0.827. The third-order valence-electron chi connectivity index (χ3n) is 3.89. The third kappa shape index (κ3) is 6.34. The van der Waals surface area contributed by atoms with Gasteiger partial charge in [0.2, 0.25) is 0 Å². The Morgan fingerprint density at radius 1 is 1.40 bits per heavy atom. The van der Waals surface area contributed by atoms with Gasteiger partial charge in [0.15, 0.2) is 12.4 Å². The molecule has 0 aromatic carbocycles. The highest BCUT2D eigenvalue weighted by atomic mass is 16.6. The molecule has 0 aromatic rings. The molecule has 1 rings (SSSR count). The van der Waals surface area contributed by atoms with E-state index in [9.17, 15) is 19.5 Å². The topological polar surface area (TPSA) is 120 Å². The fourth-order valence-electron chi connectivity index (χ4n) is 3.00. The minimum Gasteiger partial charge on any atom is -0.461 e. The number of ether oxygens (including phenoxy) is 4. The Morgan fingerprint density at radius 2 is 2.12 bits per heavy atom. The molecule has 1 aliphatic rings. The maximum absolute atomic E-state index is 10.9. The van der Waals surface area contributed by atoms with Crippen LogP contribution in [0.5, 0.6) is 0 Å². The van der Waals surface area contributed by atoms with E-state index in [0.717, 1.165) is 0 Å². The molecule has 0 bridgehead atoms. The highest BCUT2D eigenvalue weighted by Crippen LogP contribution is 2.38. The number of hydrogen-bond donors (Lipinski definition) is 2. The third-order valence-corrected chi connectivity index (χ3v) is 3.89. The largest absolute Gasteiger partial charge is 0.461 e. The van der Waals surface area contributed by atoms with Gasteiger partial charge in [0.25, 0.3) is 12.9 Å². The molecule has 0 aliphatic heterocycles. The number of esters is 1. The lowest BCUT2D eigenvalue weighted by molar-refractivity contribution is -0.178. The molecule has 0 spiro atoms. The number of aliphatic hydroxyl groups excluding tert-OH is 1. The number of rotatable bonds is 11. The van der Waals surface area contributed by atoms with Gasteiger partial charge in [0.1, 0.15) is 18.9 Å². The van der Waals surface area contributed by atoms with Crippen LogP contribution >= 0.6 is 0 Å². The normalized spacial score (nSPS) is 27.6. The van der Waals surface area contributed by atoms with E-state index in [1.807, 2.05) is 0 Å². The molecule has 140 valence electrons. The predicted molar refractivity (Wildman–Crippen MR) is 83.5 cm³/mol. The Labute approximate surface area is 145 Å². The quantitative estimate of drug-likeness (QED) is 0.122. The van der Waals surface area contributed by atoms with Gasteiger partial charge in [-0.3, -0.25) is 19.7 Å². The molecule has 25 heavy (non-hydrogen) atoms. The van der Waals surface area contributed by atoms with Crippen molar-refractivity contribution in [3.05, 3.63) is 0 Å². The molecule has 6 atom stereocenters. The van der Waals surface area contributed by atoms with Crippen molar-refractivity contribution in [2.45, 2.75) is 44.9 Å². The second-order valence-corrected chi connectivity index (χ2v) is 5.61. The summed E-state index contributed by atoms with van der Waals surface area (Å²) < 4.78 is 20.3. The summed E-state index contributed by atoms with van der Waals surface area (Å²) in [7, 11) is 0. The first kappa shape index (κ1) is 20.9. The molecule has 0 heterocycles. The van der Waals surface area contributed by atoms with Crippen molar-refractivity contribution in [1.29, 1.82) is 0 Å². The number of carbonyl (C=O) groups excluding carboxylic acids is 3. The molecule has 1 aliphatic carbocycles. The molecular formula is C16H23NO8. The zero-order chi connectivity index (χ0) is 18.8. The standard InChI is InChI=1S/C16H23NO8/c1-4-14(23-8-18)13-5-12(6-17-7-22-10(2)20)15(25-11(3)21)16(13)24-9-19/h1,8-9,11-17,21H,5-7H2,2-3H3/t11?,12?,13?,14-,15?,16+/m0/s1. The summed E-state index contributed by atoms with van der Waals surface area (Å²) in [4.78, 5) is 32.3. The lowest BCUT2D eigenvalue weighted by Gasteiger charge is -2.28. The minimum absolute atomic E-state index is 0.000504. The maximum atomic E-state index is 10.9. The van der Waals surface area contributed by atoms with E-state index < -0.39 is 36.5 Å². The summed E-state index contributed by atoms with van der Waals surface area (Å²) >= 11 is 0. The summed E-state index contributed by atoms with van der Waals surface area (Å²) in [6.07, 6.45) is 2.33. The SMILES string of the molecule is C#C[C@H](OC=O)C1CC(CNCOC(C)=O)C(OC(C)O)[C@@H]1OC=O. The van der Waals surface area contributed by atoms with Gasteiger partial charge >= 0.3 is 5.97 Å². The van der Waals surface area contributed by atoms with Gasteiger partial charge in [0, 0.05) is 25.3 Å². The van der Waals surface area contributed by atoms with E-state index in [1.165, 1.54) is 13.8 Å². The smallest absolute Gasteiger partial charge is 0.303 e. The minimum atomic E-state index is -1.10. The van der Waals surface area contributed by atoms with E-state index >= 15 is 0 Å². The average Bonchev–Trinajstić information content (AvgIpc) is 2.87. The van der Waals surface area contributed by atoms with Crippen molar-refractivity contribution in [1.82, 2.24) is 5.32 Å². The zero-order valence-corrected chi connectivity index (χ0v) is 14.1. The molecule has 0 aromatic heterocycles. The maximum Gasteiger partial charge on any atom is 0.303 e. The van der Waals surface area contributed by atoms with Crippen LogP contribution in [0.3, 0.4) is 0 Å². The van der Waals surface area contributed by atoms with Crippen LogP contribution in [0.25, 0.3) is 0 Å². The van der Waals surface area contributed by atoms with Crippen LogP contribution in [0, 0.1) is 24.2 Å². The van der Waals surface area contributed by atoms with Gasteiger partial charge in [-0.25, -0.2) is 0 Å². The zero-order valence-electron chi connectivity index (χ0n) is 14.1. The number of aliphatic hydroxyl groups is 1. The molecule has 0 amide bonds. The monoisotopic (exact) mass is 357 g/mol. The van der Waals surface area contributed by atoms with E-state index in [4.69, 9.17) is 25.4 Å². The summed E-state index contributed by atoms with van der Waals surface area (Å²) in [6.45, 7) is 3.56. The second kappa shape index (κ2) is 10.7. The van der Waals surface area contributed by atoms with Crippen molar-refractivity contribution in [3.8, 4) is 12.3 Å². The van der Waals surface area contributed by atoms with E-state index in [-0.39, 0.29) is 25.6 Å². The molecule has 9 heteroatoms. The van der Waals surface area contributed by atoms with Crippen LogP contribution in [0.4, 0.5) is 0 Å². The van der Waals surface area contributed by atoms with Gasteiger partial charge < -0.3 is 24.1 Å². The number of nitrogens with one attached hydrogen (secondary N) is 1. The summed E-state index contributed by atoms with van der Waals surface area (Å²) in [5.74, 6) is 1.20. The molecule has 4 unspecified atom stereocenters. The second-order valence-electron chi connectivity index (χ2n) is 5.61. The number of carbonyl (C=O) groups is 3. The molecule has 1 saturated carbocycles. The fourth-order valence-corrected chi connectivity index (χ4v) is 3.00. The number of hydrogen-bond acceptors (Lipinski definition) is 9. The molecule has 9 nitrogen and oxygen atoms in total. The van der Waals surface area contributed by atoms with Crippen LogP contribution in [0.15, 0.2) is 0 Å².